The number of rotatable bonds is 4. The Labute approximate surface area is 116 Å². The molecule has 0 aromatic carbocycles. The molecule has 0 spiro atoms. The van der Waals surface area contributed by atoms with E-state index in [1.807, 2.05) is 6.20 Å². The molecule has 19 heavy (non-hydrogen) atoms. The zero-order chi connectivity index (χ0) is 13.4. The first-order valence-electron chi connectivity index (χ1n) is 7.63. The summed E-state index contributed by atoms with van der Waals surface area (Å²) in [5.74, 6) is 1.94. The van der Waals surface area contributed by atoms with Crippen molar-refractivity contribution >= 4 is 0 Å². The fraction of sp³-hybridized carbons (Fsp3) is 0.800. The molecular formula is C15H26N4. The number of piperidine rings is 1. The Morgan fingerprint density at radius 2 is 2.00 bits per heavy atom. The molecule has 2 saturated heterocycles. The van der Waals surface area contributed by atoms with Crippen LogP contribution in [0.15, 0.2) is 12.4 Å². The molecule has 0 aliphatic carbocycles. The van der Waals surface area contributed by atoms with Crippen LogP contribution in [0.3, 0.4) is 0 Å². The van der Waals surface area contributed by atoms with Crippen molar-refractivity contribution < 1.29 is 0 Å². The molecule has 2 fully saturated rings. The van der Waals surface area contributed by atoms with Gasteiger partial charge in [0.25, 0.3) is 0 Å². The van der Waals surface area contributed by atoms with Gasteiger partial charge in [0, 0.05) is 31.5 Å². The number of aromatic nitrogens is 2. The van der Waals surface area contributed by atoms with Crippen LogP contribution in [0, 0.1) is 5.92 Å². The Balaban J connectivity index is 1.80. The van der Waals surface area contributed by atoms with E-state index in [2.05, 4.69) is 47.0 Å². The van der Waals surface area contributed by atoms with Crippen LogP contribution in [0.2, 0.25) is 0 Å². The SMILES string of the molecule is CCNC(c1nccn1C)C1CC2CCC(C1)N2C. The monoisotopic (exact) mass is 262 g/mol. The van der Waals surface area contributed by atoms with E-state index in [1.54, 1.807) is 0 Å². The summed E-state index contributed by atoms with van der Waals surface area (Å²) in [6.07, 6.45) is 9.38. The fourth-order valence-corrected chi connectivity index (χ4v) is 4.09. The molecule has 0 amide bonds. The molecular weight excluding hydrogens is 236 g/mol. The number of nitrogens with zero attached hydrogens (tertiary/aromatic N) is 3. The molecule has 1 aromatic rings. The van der Waals surface area contributed by atoms with E-state index in [0.29, 0.717) is 6.04 Å². The third kappa shape index (κ3) is 2.32. The predicted octanol–water partition coefficient (Wildman–Crippen LogP) is 1.94. The molecule has 2 aliphatic heterocycles. The number of aryl methyl sites for hydroxylation is 1. The van der Waals surface area contributed by atoms with Gasteiger partial charge >= 0.3 is 0 Å². The largest absolute Gasteiger partial charge is 0.337 e. The van der Waals surface area contributed by atoms with Crippen molar-refractivity contribution in [2.24, 2.45) is 13.0 Å². The van der Waals surface area contributed by atoms with Crippen LogP contribution in [-0.4, -0.2) is 40.1 Å². The van der Waals surface area contributed by atoms with Crippen molar-refractivity contribution in [2.45, 2.75) is 50.7 Å². The van der Waals surface area contributed by atoms with E-state index in [9.17, 15) is 0 Å². The van der Waals surface area contributed by atoms with Crippen molar-refractivity contribution in [3.8, 4) is 0 Å². The molecule has 1 aromatic heterocycles. The van der Waals surface area contributed by atoms with Crippen LogP contribution >= 0.6 is 0 Å². The number of nitrogens with one attached hydrogen (secondary N) is 1. The molecule has 0 radical (unpaired) electrons. The van der Waals surface area contributed by atoms with Gasteiger partial charge in [0.15, 0.2) is 0 Å². The van der Waals surface area contributed by atoms with E-state index in [1.165, 1.54) is 31.5 Å². The highest BCUT2D eigenvalue weighted by atomic mass is 15.2. The van der Waals surface area contributed by atoms with Crippen molar-refractivity contribution in [3.63, 3.8) is 0 Å². The van der Waals surface area contributed by atoms with Gasteiger partial charge < -0.3 is 14.8 Å². The number of fused-ring (bicyclic) bond motifs is 2. The fourth-order valence-electron chi connectivity index (χ4n) is 4.09. The summed E-state index contributed by atoms with van der Waals surface area (Å²) in [7, 11) is 4.41. The summed E-state index contributed by atoms with van der Waals surface area (Å²) < 4.78 is 2.17. The summed E-state index contributed by atoms with van der Waals surface area (Å²) in [5, 5.41) is 3.68. The molecule has 2 bridgehead atoms. The standard InChI is InChI=1S/C15H26N4/c1-4-16-14(15-17-7-8-18(15)2)11-9-12-5-6-13(10-11)19(12)3/h7-8,11-14,16H,4-6,9-10H2,1-3H3. The minimum Gasteiger partial charge on any atom is -0.337 e. The molecule has 106 valence electrons. The molecule has 2 aliphatic rings. The number of hydrogen-bond donors (Lipinski definition) is 1. The first kappa shape index (κ1) is 13.1. The van der Waals surface area contributed by atoms with Gasteiger partial charge in [-0.15, -0.1) is 0 Å². The van der Waals surface area contributed by atoms with E-state index in [-0.39, 0.29) is 0 Å². The molecule has 4 nitrogen and oxygen atoms in total. The van der Waals surface area contributed by atoms with Gasteiger partial charge in [-0.25, -0.2) is 4.98 Å². The van der Waals surface area contributed by atoms with Gasteiger partial charge in [-0.1, -0.05) is 6.92 Å². The van der Waals surface area contributed by atoms with Crippen LogP contribution < -0.4 is 5.32 Å². The number of hydrogen-bond acceptors (Lipinski definition) is 3. The van der Waals surface area contributed by atoms with Gasteiger partial charge in [-0.2, -0.15) is 0 Å². The second-order valence-electron chi connectivity index (χ2n) is 6.21. The van der Waals surface area contributed by atoms with Crippen molar-refractivity contribution in [2.75, 3.05) is 13.6 Å². The Morgan fingerprint density at radius 1 is 1.32 bits per heavy atom. The highest BCUT2D eigenvalue weighted by Gasteiger charge is 2.41. The van der Waals surface area contributed by atoms with Crippen LogP contribution in [-0.2, 0) is 7.05 Å². The first-order valence-corrected chi connectivity index (χ1v) is 7.63. The van der Waals surface area contributed by atoms with E-state index < -0.39 is 0 Å². The summed E-state index contributed by atoms with van der Waals surface area (Å²) in [5.41, 5.74) is 0. The lowest BCUT2D eigenvalue weighted by atomic mass is 9.84. The number of imidazole rings is 1. The van der Waals surface area contributed by atoms with Gasteiger partial charge in [-0.3, -0.25) is 0 Å². The second-order valence-corrected chi connectivity index (χ2v) is 6.21. The normalized spacial score (nSPS) is 32.7. The second kappa shape index (κ2) is 5.25. The Morgan fingerprint density at radius 3 is 2.53 bits per heavy atom. The Bertz CT molecular complexity index is 414. The van der Waals surface area contributed by atoms with Crippen LogP contribution in [0.25, 0.3) is 0 Å². The highest BCUT2D eigenvalue weighted by molar-refractivity contribution is 5.05. The minimum atomic E-state index is 0.418. The van der Waals surface area contributed by atoms with Crippen molar-refractivity contribution in [1.82, 2.24) is 19.8 Å². The predicted molar refractivity (Wildman–Crippen MR) is 76.9 cm³/mol. The lowest BCUT2D eigenvalue weighted by Gasteiger charge is -2.39. The van der Waals surface area contributed by atoms with Gasteiger partial charge in [0.05, 0.1) is 6.04 Å². The lowest BCUT2D eigenvalue weighted by molar-refractivity contribution is 0.110. The average Bonchev–Trinajstić information content (AvgIpc) is 2.87. The zero-order valence-corrected chi connectivity index (χ0v) is 12.3. The van der Waals surface area contributed by atoms with E-state index in [0.717, 1.165) is 24.5 Å². The molecule has 0 saturated carbocycles. The Kier molecular flexibility index (Phi) is 3.63. The maximum Gasteiger partial charge on any atom is 0.125 e. The molecule has 1 N–H and O–H groups in total. The summed E-state index contributed by atoms with van der Waals surface area (Å²) in [4.78, 5) is 7.20. The third-order valence-electron chi connectivity index (χ3n) is 5.17. The lowest BCUT2D eigenvalue weighted by Crippen LogP contribution is -2.44. The molecule has 3 unspecified atom stereocenters. The van der Waals surface area contributed by atoms with Crippen LogP contribution in [0.5, 0.6) is 0 Å². The van der Waals surface area contributed by atoms with E-state index in [4.69, 9.17) is 0 Å². The highest BCUT2D eigenvalue weighted by Crippen LogP contribution is 2.42. The first-order chi connectivity index (χ1) is 9.20. The molecule has 4 heteroatoms. The molecule has 3 rings (SSSR count). The quantitative estimate of drug-likeness (QED) is 0.900. The zero-order valence-electron chi connectivity index (χ0n) is 12.3. The maximum absolute atomic E-state index is 4.59. The van der Waals surface area contributed by atoms with E-state index >= 15 is 0 Å². The summed E-state index contributed by atoms with van der Waals surface area (Å²) in [6.45, 7) is 3.21. The third-order valence-corrected chi connectivity index (χ3v) is 5.17. The maximum atomic E-state index is 4.59. The molecule has 3 heterocycles. The average molecular weight is 262 g/mol. The minimum absolute atomic E-state index is 0.418. The van der Waals surface area contributed by atoms with Gasteiger partial charge in [0.1, 0.15) is 5.82 Å². The van der Waals surface area contributed by atoms with Crippen molar-refractivity contribution in [3.05, 3.63) is 18.2 Å². The van der Waals surface area contributed by atoms with Crippen molar-refractivity contribution in [1.29, 1.82) is 0 Å². The Hall–Kier alpha value is -0.870. The topological polar surface area (TPSA) is 33.1 Å². The smallest absolute Gasteiger partial charge is 0.125 e. The molecule has 3 atom stereocenters. The van der Waals surface area contributed by atoms with Gasteiger partial charge in [0.2, 0.25) is 0 Å². The van der Waals surface area contributed by atoms with Gasteiger partial charge in [-0.05, 0) is 45.2 Å². The van der Waals surface area contributed by atoms with Crippen LogP contribution in [0.4, 0.5) is 0 Å². The summed E-state index contributed by atoms with van der Waals surface area (Å²) in [6, 6.07) is 2.01. The summed E-state index contributed by atoms with van der Waals surface area (Å²) >= 11 is 0. The van der Waals surface area contributed by atoms with Crippen LogP contribution in [0.1, 0.15) is 44.5 Å².